The Bertz CT molecular complexity index is 523. The highest BCUT2D eigenvalue weighted by Crippen LogP contribution is 2.29. The molecule has 4 N–H and O–H groups in total. The third kappa shape index (κ3) is 10.4. The fraction of sp³-hybridized carbons (Fsp3) is 0.591. The van der Waals surface area contributed by atoms with E-state index in [2.05, 4.69) is 30.3 Å². The summed E-state index contributed by atoms with van der Waals surface area (Å²) in [5.74, 6) is -0.0923. The number of carboxylic acid groups (broad SMARTS) is 1. The van der Waals surface area contributed by atoms with Gasteiger partial charge in [0.25, 0.3) is 5.97 Å². The summed E-state index contributed by atoms with van der Waals surface area (Å²) in [6.07, 6.45) is 13.0. The normalized spacial score (nSPS) is 16.6. The van der Waals surface area contributed by atoms with Crippen LogP contribution in [-0.2, 0) is 11.2 Å². The van der Waals surface area contributed by atoms with Gasteiger partial charge in [-0.05, 0) is 68.5 Å². The van der Waals surface area contributed by atoms with Crippen LogP contribution in [-0.4, -0.2) is 29.3 Å². The van der Waals surface area contributed by atoms with Crippen LogP contribution in [0, 0.1) is 5.92 Å². The van der Waals surface area contributed by atoms with E-state index >= 15 is 0 Å². The Hall–Kier alpha value is -1.65. The zero-order valence-corrected chi connectivity index (χ0v) is 16.1. The van der Waals surface area contributed by atoms with Crippen LogP contribution in [0.4, 0.5) is 0 Å². The van der Waals surface area contributed by atoms with Crippen molar-refractivity contribution in [3.05, 3.63) is 41.0 Å². The molecule has 146 valence electrons. The minimum atomic E-state index is -0.833. The number of allylic oxidation sites excluding steroid dienone is 1. The molecule has 0 saturated heterocycles. The van der Waals surface area contributed by atoms with Crippen LogP contribution < -0.4 is 5.73 Å². The van der Waals surface area contributed by atoms with Crippen LogP contribution in [0.5, 0.6) is 0 Å². The molecule has 0 spiro atoms. The molecular formula is C22H35NO3. The number of hydrogen-bond donors (Lipinski definition) is 3. The summed E-state index contributed by atoms with van der Waals surface area (Å²) in [7, 11) is 0. The maximum absolute atomic E-state index is 9.00. The van der Waals surface area contributed by atoms with Gasteiger partial charge < -0.3 is 15.9 Å². The highest BCUT2D eigenvalue weighted by Gasteiger charge is 2.14. The van der Waals surface area contributed by atoms with Gasteiger partial charge in [0.1, 0.15) is 0 Å². The number of carbonyl (C=O) groups is 1. The highest BCUT2D eigenvalue weighted by molar-refractivity contribution is 5.63. The molecule has 0 unspecified atom stereocenters. The molecule has 1 aliphatic rings. The largest absolute Gasteiger partial charge is 0.481 e. The van der Waals surface area contributed by atoms with Crippen LogP contribution in [0.15, 0.2) is 29.8 Å². The average Bonchev–Trinajstić information content (AvgIpc) is 2.63. The molecule has 0 aliphatic heterocycles. The lowest BCUT2D eigenvalue weighted by Crippen LogP contribution is -2.17. The molecular weight excluding hydrogens is 326 g/mol. The first-order chi connectivity index (χ1) is 12.5. The molecule has 4 nitrogen and oxygen atoms in total. The van der Waals surface area contributed by atoms with Gasteiger partial charge >= 0.3 is 0 Å². The standard InChI is InChI=1S/C20H31NO.C2H4O2/c21-16-20-12-10-19(11-13-20)15-18-8-6-17(7-9-18)5-3-1-2-4-14-22;1-2(3)4/h6-9,15,20,22H,1-5,10-14,16,21H2;1H3,(H,3,4). The van der Waals surface area contributed by atoms with Crippen molar-refractivity contribution in [3.8, 4) is 0 Å². The molecule has 1 fully saturated rings. The number of aliphatic hydroxyl groups is 1. The predicted molar refractivity (Wildman–Crippen MR) is 108 cm³/mol. The third-order valence-electron chi connectivity index (χ3n) is 4.80. The number of aliphatic carboxylic acids is 1. The van der Waals surface area contributed by atoms with Crippen molar-refractivity contribution >= 4 is 12.0 Å². The molecule has 4 heteroatoms. The Morgan fingerprint density at radius 1 is 1.12 bits per heavy atom. The van der Waals surface area contributed by atoms with Gasteiger partial charge in [-0.25, -0.2) is 0 Å². The second-order valence-corrected chi connectivity index (χ2v) is 7.13. The first-order valence-electron chi connectivity index (χ1n) is 9.84. The molecule has 1 aromatic rings. The Morgan fingerprint density at radius 3 is 2.23 bits per heavy atom. The van der Waals surface area contributed by atoms with Crippen molar-refractivity contribution in [3.63, 3.8) is 0 Å². The van der Waals surface area contributed by atoms with E-state index in [0.29, 0.717) is 6.61 Å². The lowest BCUT2D eigenvalue weighted by molar-refractivity contribution is -0.134. The first kappa shape index (κ1) is 22.4. The minimum absolute atomic E-state index is 0.329. The molecule has 0 amide bonds. The molecule has 0 atom stereocenters. The quantitative estimate of drug-likeness (QED) is 0.599. The minimum Gasteiger partial charge on any atom is -0.481 e. The SMILES string of the molecule is CC(=O)O.NCC1CCC(=Cc2ccc(CCCCCCO)cc2)CC1. The first-order valence-corrected chi connectivity index (χ1v) is 9.84. The summed E-state index contributed by atoms with van der Waals surface area (Å²) in [4.78, 5) is 9.00. The fourth-order valence-electron chi connectivity index (χ4n) is 3.24. The molecule has 1 aromatic carbocycles. The zero-order chi connectivity index (χ0) is 19.2. The Morgan fingerprint density at radius 2 is 1.69 bits per heavy atom. The Kier molecular flexibility index (Phi) is 11.7. The topological polar surface area (TPSA) is 83.5 Å². The molecule has 2 rings (SSSR count). The summed E-state index contributed by atoms with van der Waals surface area (Å²) >= 11 is 0. The van der Waals surface area contributed by atoms with Gasteiger partial charge in [0.2, 0.25) is 0 Å². The van der Waals surface area contributed by atoms with Gasteiger partial charge in [0.05, 0.1) is 0 Å². The second-order valence-electron chi connectivity index (χ2n) is 7.13. The molecule has 26 heavy (non-hydrogen) atoms. The van der Waals surface area contributed by atoms with Crippen LogP contribution in [0.25, 0.3) is 6.08 Å². The van der Waals surface area contributed by atoms with Crippen molar-refractivity contribution in [2.45, 2.75) is 64.7 Å². The van der Waals surface area contributed by atoms with Crippen LogP contribution in [0.3, 0.4) is 0 Å². The number of rotatable bonds is 8. The average molecular weight is 362 g/mol. The van der Waals surface area contributed by atoms with Crippen LogP contribution in [0.1, 0.15) is 69.4 Å². The van der Waals surface area contributed by atoms with Gasteiger partial charge in [-0.1, -0.05) is 48.8 Å². The van der Waals surface area contributed by atoms with Crippen LogP contribution >= 0.6 is 0 Å². The van der Waals surface area contributed by atoms with Crippen molar-refractivity contribution in [1.29, 1.82) is 0 Å². The van der Waals surface area contributed by atoms with Crippen molar-refractivity contribution in [1.82, 2.24) is 0 Å². The van der Waals surface area contributed by atoms with Crippen LogP contribution in [0.2, 0.25) is 0 Å². The molecule has 1 saturated carbocycles. The summed E-state index contributed by atoms with van der Waals surface area (Å²) in [6.45, 7) is 2.26. The van der Waals surface area contributed by atoms with Crippen molar-refractivity contribution in [2.75, 3.05) is 13.2 Å². The van der Waals surface area contributed by atoms with E-state index in [1.165, 1.54) is 49.7 Å². The monoisotopic (exact) mass is 361 g/mol. The van der Waals surface area contributed by atoms with E-state index in [1.807, 2.05) is 0 Å². The van der Waals surface area contributed by atoms with Crippen molar-refractivity contribution in [2.24, 2.45) is 11.7 Å². The summed E-state index contributed by atoms with van der Waals surface area (Å²) < 4.78 is 0. The number of benzene rings is 1. The Balaban J connectivity index is 0.000000765. The summed E-state index contributed by atoms with van der Waals surface area (Å²) in [6, 6.07) is 9.05. The van der Waals surface area contributed by atoms with Gasteiger partial charge in [-0.15, -0.1) is 0 Å². The molecule has 0 bridgehead atoms. The van der Waals surface area contributed by atoms with Gasteiger partial charge in [-0.3, -0.25) is 4.79 Å². The summed E-state index contributed by atoms with van der Waals surface area (Å²) in [5.41, 5.74) is 10.1. The molecule has 0 heterocycles. The van der Waals surface area contributed by atoms with E-state index in [4.69, 9.17) is 20.7 Å². The lowest BCUT2D eigenvalue weighted by atomic mass is 9.85. The van der Waals surface area contributed by atoms with Gasteiger partial charge in [-0.2, -0.15) is 0 Å². The number of nitrogens with two attached hydrogens (primary N) is 1. The van der Waals surface area contributed by atoms with E-state index < -0.39 is 5.97 Å². The van der Waals surface area contributed by atoms with E-state index in [0.717, 1.165) is 38.6 Å². The molecule has 1 aliphatic carbocycles. The maximum Gasteiger partial charge on any atom is 0.300 e. The molecule has 0 aromatic heterocycles. The number of carboxylic acids is 1. The smallest absolute Gasteiger partial charge is 0.300 e. The number of aliphatic hydroxyl groups excluding tert-OH is 1. The van der Waals surface area contributed by atoms with E-state index in [1.54, 1.807) is 5.57 Å². The van der Waals surface area contributed by atoms with Gasteiger partial charge in [0.15, 0.2) is 0 Å². The van der Waals surface area contributed by atoms with Gasteiger partial charge in [0, 0.05) is 13.5 Å². The lowest BCUT2D eigenvalue weighted by Gasteiger charge is -2.22. The highest BCUT2D eigenvalue weighted by atomic mass is 16.4. The molecule has 0 radical (unpaired) electrons. The second kappa shape index (κ2) is 13.5. The van der Waals surface area contributed by atoms with E-state index in [-0.39, 0.29) is 0 Å². The predicted octanol–water partition coefficient (Wildman–Crippen LogP) is 4.41. The van der Waals surface area contributed by atoms with E-state index in [9.17, 15) is 0 Å². The number of aryl methyl sites for hydroxylation is 1. The summed E-state index contributed by atoms with van der Waals surface area (Å²) in [5, 5.41) is 16.2. The number of unbranched alkanes of at least 4 members (excludes halogenated alkanes) is 3. The maximum atomic E-state index is 9.00. The fourth-order valence-corrected chi connectivity index (χ4v) is 3.24. The third-order valence-corrected chi connectivity index (χ3v) is 4.80. The van der Waals surface area contributed by atoms with Crippen molar-refractivity contribution < 1.29 is 15.0 Å². The number of hydrogen-bond acceptors (Lipinski definition) is 3. The zero-order valence-electron chi connectivity index (χ0n) is 16.1. The Labute approximate surface area is 158 Å².